The first kappa shape index (κ1) is 24.6. The molecule has 1 unspecified atom stereocenters. The van der Waals surface area contributed by atoms with Crippen molar-refractivity contribution in [2.75, 3.05) is 14.2 Å². The van der Waals surface area contributed by atoms with Crippen LogP contribution in [0.4, 0.5) is 0 Å². The van der Waals surface area contributed by atoms with Crippen molar-refractivity contribution in [3.8, 4) is 22.6 Å². The van der Waals surface area contributed by atoms with E-state index in [1.165, 1.54) is 5.01 Å². The van der Waals surface area contributed by atoms with Gasteiger partial charge >= 0.3 is 0 Å². The molecule has 1 aliphatic rings. The lowest BCUT2D eigenvalue weighted by Crippen LogP contribution is -2.26. The summed E-state index contributed by atoms with van der Waals surface area (Å²) >= 11 is 6.38. The van der Waals surface area contributed by atoms with Gasteiger partial charge in [-0.15, -0.1) is 0 Å². The van der Waals surface area contributed by atoms with E-state index in [4.69, 9.17) is 26.2 Å². The number of nitrogens with one attached hydrogen (secondary N) is 1. The number of aromatic nitrogens is 1. The van der Waals surface area contributed by atoms with Crippen LogP contribution in [0.1, 0.15) is 36.9 Å². The van der Waals surface area contributed by atoms with Gasteiger partial charge in [0.15, 0.2) is 0 Å². The topological polar surface area (TPSA) is 84.0 Å². The third-order valence-electron chi connectivity index (χ3n) is 6.59. The number of methoxy groups -OCH3 is 2. The summed E-state index contributed by atoms with van der Waals surface area (Å²) in [6.07, 6.45) is 0.582. The van der Waals surface area contributed by atoms with Gasteiger partial charge in [-0.05, 0) is 42.0 Å². The van der Waals surface area contributed by atoms with Gasteiger partial charge < -0.3 is 14.5 Å². The molecule has 188 valence electrons. The smallest absolute Gasteiger partial charge is 0.258 e. The minimum absolute atomic E-state index is 0.161. The molecule has 0 aliphatic carbocycles. The highest BCUT2D eigenvalue weighted by Crippen LogP contribution is 2.41. The molecule has 5 rings (SSSR count). The number of fused-ring (bicyclic) bond motifs is 1. The lowest BCUT2D eigenvalue weighted by Gasteiger charge is -2.23. The number of amides is 1. The molecule has 7 nitrogen and oxygen atoms in total. The molecule has 2 heterocycles. The van der Waals surface area contributed by atoms with Crippen LogP contribution in [0.5, 0.6) is 11.5 Å². The summed E-state index contributed by atoms with van der Waals surface area (Å²) < 4.78 is 11.1. The van der Waals surface area contributed by atoms with E-state index in [1.807, 2.05) is 42.5 Å². The Morgan fingerprint density at radius 2 is 1.84 bits per heavy atom. The number of hydrazone groups is 1. The van der Waals surface area contributed by atoms with Gasteiger partial charge in [0, 0.05) is 39.9 Å². The van der Waals surface area contributed by atoms with Crippen molar-refractivity contribution < 1.29 is 14.3 Å². The average molecular weight is 516 g/mol. The number of aromatic amines is 1. The van der Waals surface area contributed by atoms with Crippen LogP contribution in [0.2, 0.25) is 5.02 Å². The molecule has 0 saturated heterocycles. The summed E-state index contributed by atoms with van der Waals surface area (Å²) in [5.41, 5.74) is 3.65. The van der Waals surface area contributed by atoms with Gasteiger partial charge in [0.25, 0.3) is 5.56 Å². The van der Waals surface area contributed by atoms with Crippen LogP contribution >= 0.6 is 11.6 Å². The molecule has 0 radical (unpaired) electrons. The van der Waals surface area contributed by atoms with E-state index in [-0.39, 0.29) is 17.9 Å². The standard InChI is InChI=1S/C29H26ClN3O4/c1-4-26(34)33-24(21-15-19(36-2)11-13-25(21)37-3)16-23(32-33)28-27(17-8-6-5-7-9-17)20-14-18(30)10-12-22(20)31-29(28)35/h5-15,24H,4,16H2,1-3H3,(H,31,35). The number of benzene rings is 3. The van der Waals surface area contributed by atoms with Gasteiger partial charge in [-0.25, -0.2) is 5.01 Å². The highest BCUT2D eigenvalue weighted by atomic mass is 35.5. The Kier molecular flexibility index (Phi) is 6.72. The fraction of sp³-hybridized carbons (Fsp3) is 0.207. The van der Waals surface area contributed by atoms with Crippen molar-refractivity contribution >= 4 is 34.1 Å². The number of carbonyl (C=O) groups is 1. The molecule has 0 fully saturated rings. The number of nitrogens with zero attached hydrogens (tertiary/aromatic N) is 2. The van der Waals surface area contributed by atoms with Crippen LogP contribution in [0.3, 0.4) is 0 Å². The Hall–Kier alpha value is -4.10. The van der Waals surface area contributed by atoms with E-state index in [9.17, 15) is 9.59 Å². The maximum atomic E-state index is 13.6. The van der Waals surface area contributed by atoms with Crippen molar-refractivity contribution in [2.45, 2.75) is 25.8 Å². The zero-order valence-electron chi connectivity index (χ0n) is 20.7. The normalized spacial score (nSPS) is 15.1. The maximum Gasteiger partial charge on any atom is 0.258 e. The third-order valence-corrected chi connectivity index (χ3v) is 6.83. The van der Waals surface area contributed by atoms with Crippen molar-refractivity contribution in [3.63, 3.8) is 0 Å². The Labute approximate surface area is 219 Å². The van der Waals surface area contributed by atoms with Crippen LogP contribution in [0, 0.1) is 0 Å². The minimum Gasteiger partial charge on any atom is -0.497 e. The Bertz CT molecular complexity index is 1580. The van der Waals surface area contributed by atoms with Gasteiger partial charge in [0.05, 0.1) is 31.5 Å². The number of ether oxygens (including phenoxy) is 2. The highest BCUT2D eigenvalue weighted by Gasteiger charge is 2.36. The second kappa shape index (κ2) is 10.1. The molecular weight excluding hydrogens is 490 g/mol. The number of rotatable bonds is 6. The van der Waals surface area contributed by atoms with E-state index in [1.54, 1.807) is 45.4 Å². The summed E-state index contributed by atoms with van der Waals surface area (Å²) in [5, 5.41) is 7.56. The maximum absolute atomic E-state index is 13.6. The number of H-pyrrole nitrogens is 1. The second-order valence-electron chi connectivity index (χ2n) is 8.73. The van der Waals surface area contributed by atoms with E-state index < -0.39 is 6.04 Å². The Morgan fingerprint density at radius 1 is 1.05 bits per heavy atom. The van der Waals surface area contributed by atoms with Gasteiger partial charge in [-0.3, -0.25) is 9.59 Å². The van der Waals surface area contributed by atoms with Gasteiger partial charge in [0.1, 0.15) is 11.5 Å². The van der Waals surface area contributed by atoms with E-state index in [0.29, 0.717) is 39.7 Å². The molecule has 1 atom stereocenters. The first-order chi connectivity index (χ1) is 17.9. The van der Waals surface area contributed by atoms with Crippen molar-refractivity contribution in [1.29, 1.82) is 0 Å². The molecule has 3 aromatic carbocycles. The van der Waals surface area contributed by atoms with Crippen molar-refractivity contribution in [2.24, 2.45) is 5.10 Å². The van der Waals surface area contributed by atoms with Crippen LogP contribution in [-0.4, -0.2) is 35.8 Å². The molecule has 0 bridgehead atoms. The zero-order valence-corrected chi connectivity index (χ0v) is 21.5. The lowest BCUT2D eigenvalue weighted by atomic mass is 9.90. The molecule has 1 amide bonds. The van der Waals surface area contributed by atoms with E-state index >= 15 is 0 Å². The van der Waals surface area contributed by atoms with E-state index in [0.717, 1.165) is 22.1 Å². The van der Waals surface area contributed by atoms with Crippen LogP contribution in [0.25, 0.3) is 22.0 Å². The fourth-order valence-corrected chi connectivity index (χ4v) is 5.01. The largest absolute Gasteiger partial charge is 0.497 e. The van der Waals surface area contributed by atoms with Gasteiger partial charge in [0.2, 0.25) is 5.91 Å². The predicted molar refractivity (Wildman–Crippen MR) is 146 cm³/mol. The monoisotopic (exact) mass is 515 g/mol. The number of pyridine rings is 1. The van der Waals surface area contributed by atoms with E-state index in [2.05, 4.69) is 4.98 Å². The molecule has 0 saturated carbocycles. The molecule has 1 aromatic heterocycles. The molecule has 8 heteroatoms. The highest BCUT2D eigenvalue weighted by molar-refractivity contribution is 6.31. The predicted octanol–water partition coefficient (Wildman–Crippen LogP) is 5.95. The summed E-state index contributed by atoms with van der Waals surface area (Å²) in [7, 11) is 3.17. The molecule has 4 aromatic rings. The molecular formula is C29H26ClN3O4. The minimum atomic E-state index is -0.467. The quantitative estimate of drug-likeness (QED) is 0.344. The average Bonchev–Trinajstić information content (AvgIpc) is 3.37. The number of hydrogen-bond donors (Lipinski definition) is 1. The molecule has 37 heavy (non-hydrogen) atoms. The number of halogens is 1. The SMILES string of the molecule is CCC(=O)N1N=C(c2c(-c3ccccc3)c3cc(Cl)ccc3[nH]c2=O)CC1c1cc(OC)ccc1OC. The Balaban J connectivity index is 1.74. The Morgan fingerprint density at radius 3 is 2.54 bits per heavy atom. The number of carbonyl (C=O) groups excluding carboxylic acids is 1. The second-order valence-corrected chi connectivity index (χ2v) is 9.16. The summed E-state index contributed by atoms with van der Waals surface area (Å²) in [4.78, 5) is 29.6. The molecule has 1 aliphatic heterocycles. The van der Waals surface area contributed by atoms with Crippen LogP contribution in [0.15, 0.2) is 76.6 Å². The first-order valence-corrected chi connectivity index (χ1v) is 12.4. The third kappa shape index (κ3) is 4.47. The first-order valence-electron chi connectivity index (χ1n) is 12.0. The zero-order chi connectivity index (χ0) is 26.1. The summed E-state index contributed by atoms with van der Waals surface area (Å²) in [5.74, 6) is 1.08. The van der Waals surface area contributed by atoms with Gasteiger partial charge in [-0.1, -0.05) is 48.9 Å². The number of hydrogen-bond acceptors (Lipinski definition) is 5. The van der Waals surface area contributed by atoms with Gasteiger partial charge in [-0.2, -0.15) is 5.10 Å². The summed E-state index contributed by atoms with van der Waals surface area (Å²) in [6, 6.07) is 20.0. The van der Waals surface area contributed by atoms with Crippen LogP contribution in [-0.2, 0) is 4.79 Å². The molecule has 0 spiro atoms. The van der Waals surface area contributed by atoms with Crippen LogP contribution < -0.4 is 15.0 Å². The van der Waals surface area contributed by atoms with Crippen molar-refractivity contribution in [3.05, 3.63) is 93.2 Å². The molecule has 1 N–H and O–H groups in total. The fourth-order valence-electron chi connectivity index (χ4n) is 4.84. The lowest BCUT2D eigenvalue weighted by molar-refractivity contribution is -0.132. The van der Waals surface area contributed by atoms with Crippen molar-refractivity contribution in [1.82, 2.24) is 9.99 Å². The summed E-state index contributed by atoms with van der Waals surface area (Å²) in [6.45, 7) is 1.79.